The van der Waals surface area contributed by atoms with Gasteiger partial charge in [0.1, 0.15) is 35.4 Å². The van der Waals surface area contributed by atoms with E-state index in [1.54, 1.807) is 71.2 Å². The number of fused-ring (bicyclic) bond motifs is 7. The van der Waals surface area contributed by atoms with Crippen LogP contribution in [0.4, 0.5) is 0 Å². The number of thiophene rings is 2. The summed E-state index contributed by atoms with van der Waals surface area (Å²) in [6.45, 7) is 8.56. The van der Waals surface area contributed by atoms with Gasteiger partial charge in [0.25, 0.3) is 0 Å². The molecule has 0 fully saturated rings. The van der Waals surface area contributed by atoms with Crippen molar-refractivity contribution in [2.75, 3.05) is 0 Å². The van der Waals surface area contributed by atoms with E-state index in [1.165, 1.54) is 20.5 Å². The van der Waals surface area contributed by atoms with Crippen LogP contribution in [0, 0.1) is 45.3 Å². The van der Waals surface area contributed by atoms with Gasteiger partial charge in [0.05, 0.1) is 9.40 Å². The molecule has 0 amide bonds. The van der Waals surface area contributed by atoms with Crippen LogP contribution in [0.5, 0.6) is 0 Å². The van der Waals surface area contributed by atoms with E-state index in [9.17, 15) is 30.6 Å². The van der Waals surface area contributed by atoms with Gasteiger partial charge in [-0.2, -0.15) is 21.0 Å². The molecule has 4 aliphatic carbocycles. The van der Waals surface area contributed by atoms with Gasteiger partial charge in [0, 0.05) is 54.0 Å². The molecule has 4 aromatic rings. The number of carbonyl (C=O) groups excluding carboxylic acids is 2. The van der Waals surface area contributed by atoms with Gasteiger partial charge in [-0.1, -0.05) is 76.2 Å². The Hall–Kier alpha value is -6.16. The van der Waals surface area contributed by atoms with Crippen LogP contribution in [0.1, 0.15) is 80.4 Å². The zero-order chi connectivity index (χ0) is 35.3. The fourth-order valence-corrected chi connectivity index (χ4v) is 11.2. The Morgan fingerprint density at radius 1 is 0.580 bits per heavy atom. The number of ketones is 2. The van der Waals surface area contributed by atoms with Crippen molar-refractivity contribution < 1.29 is 9.59 Å². The Labute approximate surface area is 296 Å². The van der Waals surface area contributed by atoms with Crippen molar-refractivity contribution in [3.8, 4) is 24.3 Å². The molecule has 8 heteroatoms. The molecule has 8 rings (SSSR count). The highest BCUT2D eigenvalue weighted by Crippen LogP contribution is 2.59. The minimum Gasteiger partial charge on any atom is -0.289 e. The SMILES string of the molecule is CC1(C)C(/C=C2\C(=O)c3ccccc3C2=C(C#N)C#N)=Cc2sc3c4c(sc3c21)C=C(/C=C1\C(=O)c2ccccc2C1=C(C#N)C#N)C4(C)C. The van der Waals surface area contributed by atoms with Crippen molar-refractivity contribution in [1.29, 1.82) is 21.0 Å². The molecular weight excluding hydrogens is 657 g/mol. The molecule has 0 spiro atoms. The number of allylic oxidation sites excluding steroid dienone is 10. The molecule has 0 aliphatic heterocycles. The molecular formula is C42H24N4O2S2. The predicted octanol–water partition coefficient (Wildman–Crippen LogP) is 9.56. The van der Waals surface area contributed by atoms with Crippen LogP contribution < -0.4 is 0 Å². The van der Waals surface area contributed by atoms with E-state index in [0.29, 0.717) is 44.5 Å². The first kappa shape index (κ1) is 31.1. The number of hydrogen-bond donors (Lipinski definition) is 0. The monoisotopic (exact) mass is 680 g/mol. The summed E-state index contributed by atoms with van der Waals surface area (Å²) in [5.41, 5.74) is 6.80. The van der Waals surface area contributed by atoms with E-state index < -0.39 is 10.8 Å². The number of rotatable bonds is 2. The van der Waals surface area contributed by atoms with Gasteiger partial charge in [-0.25, -0.2) is 0 Å². The van der Waals surface area contributed by atoms with E-state index >= 15 is 0 Å². The number of carbonyl (C=O) groups is 2. The first-order valence-corrected chi connectivity index (χ1v) is 17.5. The average Bonchev–Trinajstić information content (AvgIpc) is 3.88. The van der Waals surface area contributed by atoms with Crippen molar-refractivity contribution in [1.82, 2.24) is 0 Å². The molecule has 0 saturated heterocycles. The molecule has 0 unspecified atom stereocenters. The number of nitrogens with zero attached hydrogens (tertiary/aromatic N) is 4. The smallest absolute Gasteiger partial charge is 0.194 e. The number of nitriles is 4. The van der Waals surface area contributed by atoms with Crippen LogP contribution in [0.15, 0.2) is 94.1 Å². The summed E-state index contributed by atoms with van der Waals surface area (Å²) in [6.07, 6.45) is 7.96. The Bertz CT molecular complexity index is 2500. The molecule has 0 radical (unpaired) electrons. The highest BCUT2D eigenvalue weighted by atomic mass is 32.1. The van der Waals surface area contributed by atoms with E-state index in [2.05, 4.69) is 39.8 Å². The van der Waals surface area contributed by atoms with Gasteiger partial charge in [0.15, 0.2) is 11.6 Å². The lowest BCUT2D eigenvalue weighted by molar-refractivity contribution is 0.103. The zero-order valence-electron chi connectivity index (χ0n) is 27.4. The first-order valence-electron chi connectivity index (χ1n) is 15.8. The number of benzene rings is 2. The summed E-state index contributed by atoms with van der Waals surface area (Å²) < 4.78 is 2.35. The van der Waals surface area contributed by atoms with Gasteiger partial charge in [-0.05, 0) is 57.7 Å². The Morgan fingerprint density at radius 2 is 0.920 bits per heavy atom. The molecule has 50 heavy (non-hydrogen) atoms. The summed E-state index contributed by atoms with van der Waals surface area (Å²) in [5.74, 6) is -0.393. The summed E-state index contributed by atoms with van der Waals surface area (Å²) >= 11 is 3.41. The lowest BCUT2D eigenvalue weighted by Gasteiger charge is -2.23. The fourth-order valence-electron chi connectivity index (χ4n) is 7.74. The van der Waals surface area contributed by atoms with Crippen molar-refractivity contribution in [3.63, 3.8) is 0 Å². The van der Waals surface area contributed by atoms with Gasteiger partial charge in [-0.15, -0.1) is 22.7 Å². The highest BCUT2D eigenvalue weighted by molar-refractivity contribution is 7.29. The Kier molecular flexibility index (Phi) is 6.64. The second kappa shape index (κ2) is 10.7. The molecule has 4 aliphatic rings. The van der Waals surface area contributed by atoms with Gasteiger partial charge in [0.2, 0.25) is 0 Å². The van der Waals surface area contributed by atoms with E-state index in [-0.39, 0.29) is 22.7 Å². The lowest BCUT2D eigenvalue weighted by Crippen LogP contribution is -2.17. The van der Waals surface area contributed by atoms with Gasteiger partial charge < -0.3 is 0 Å². The number of hydrogen-bond acceptors (Lipinski definition) is 8. The van der Waals surface area contributed by atoms with Gasteiger partial charge in [-0.3, -0.25) is 9.59 Å². The van der Waals surface area contributed by atoms with E-state index in [1.807, 2.05) is 36.4 Å². The summed E-state index contributed by atoms with van der Waals surface area (Å²) in [5, 5.41) is 39.1. The average molecular weight is 681 g/mol. The highest BCUT2D eigenvalue weighted by Gasteiger charge is 2.43. The summed E-state index contributed by atoms with van der Waals surface area (Å²) in [7, 11) is 0. The Morgan fingerprint density at radius 3 is 1.26 bits per heavy atom. The van der Waals surface area contributed by atoms with Crippen LogP contribution in [0.2, 0.25) is 0 Å². The van der Waals surface area contributed by atoms with E-state index in [0.717, 1.165) is 20.9 Å². The topological polar surface area (TPSA) is 129 Å². The van der Waals surface area contributed by atoms with Crippen LogP contribution >= 0.6 is 22.7 Å². The quantitative estimate of drug-likeness (QED) is 0.153. The molecule has 2 aromatic carbocycles. The third-order valence-corrected chi connectivity index (χ3v) is 12.7. The molecule has 0 atom stereocenters. The predicted molar refractivity (Wildman–Crippen MR) is 196 cm³/mol. The summed E-state index contributed by atoms with van der Waals surface area (Å²) in [6, 6.07) is 22.2. The largest absolute Gasteiger partial charge is 0.289 e. The van der Waals surface area contributed by atoms with Gasteiger partial charge >= 0.3 is 0 Å². The standard InChI is InChI=1S/C42H24N4O2S2/c1-41(2)23(13-29-33(21(17-43)18-44)25-9-5-7-11-27(25)37(29)47)15-31-35(41)39-40(49-31)36-32(50-39)16-24(42(36,3)4)14-30-34(22(19-45)20-46)26-10-6-8-12-28(26)38(30)48/h5-16H,1-4H3/b29-13-,30-14-. The minimum atomic E-state index is -0.468. The van der Waals surface area contributed by atoms with E-state index in [4.69, 9.17) is 0 Å². The molecule has 236 valence electrons. The second-order valence-corrected chi connectivity index (χ2v) is 15.7. The van der Waals surface area contributed by atoms with Crippen molar-refractivity contribution in [2.24, 2.45) is 0 Å². The third-order valence-electron chi connectivity index (χ3n) is 10.3. The molecule has 0 saturated carbocycles. The third kappa shape index (κ3) is 4.01. The maximum atomic E-state index is 13.7. The number of Topliss-reactive ketones (excluding diaryl/α,β-unsaturated/α-hetero) is 2. The van der Waals surface area contributed by atoms with Crippen LogP contribution in [-0.4, -0.2) is 11.6 Å². The zero-order valence-corrected chi connectivity index (χ0v) is 29.0. The molecule has 2 aromatic heterocycles. The molecule has 0 bridgehead atoms. The van der Waals surface area contributed by atoms with Crippen LogP contribution in [-0.2, 0) is 10.8 Å². The normalized spacial score (nSPS) is 19.0. The van der Waals surface area contributed by atoms with Crippen molar-refractivity contribution in [2.45, 2.75) is 38.5 Å². The minimum absolute atomic E-state index is 0.0835. The lowest BCUT2D eigenvalue weighted by atomic mass is 9.79. The second-order valence-electron chi connectivity index (χ2n) is 13.6. The van der Waals surface area contributed by atoms with Crippen molar-refractivity contribution >= 4 is 66.9 Å². The Balaban J connectivity index is 1.23. The molecule has 6 nitrogen and oxygen atoms in total. The van der Waals surface area contributed by atoms with Crippen LogP contribution in [0.3, 0.4) is 0 Å². The molecule has 2 heterocycles. The fraction of sp³-hybridized carbons (Fsp3) is 0.143. The van der Waals surface area contributed by atoms with Crippen molar-refractivity contribution in [3.05, 3.63) is 137 Å². The maximum Gasteiger partial charge on any atom is 0.194 e. The maximum absolute atomic E-state index is 13.7. The summed E-state index contributed by atoms with van der Waals surface area (Å²) in [4.78, 5) is 29.5. The van der Waals surface area contributed by atoms with Crippen LogP contribution in [0.25, 0.3) is 32.7 Å². The molecule has 0 N–H and O–H groups in total. The first-order chi connectivity index (χ1) is 24.0.